The zero-order valence-corrected chi connectivity index (χ0v) is 27.1. The maximum Gasteiger partial charge on any atom is 0.261 e. The molecule has 0 atom stereocenters. The smallest absolute Gasteiger partial charge is 0.261 e. The molecule has 5 rings (SSSR count). The van der Waals surface area contributed by atoms with Crippen molar-refractivity contribution in [3.8, 4) is 10.6 Å². The lowest BCUT2D eigenvalue weighted by Crippen LogP contribution is -2.30. The Morgan fingerprint density at radius 2 is 1.67 bits per heavy atom. The Balaban J connectivity index is 0.000000748. The highest BCUT2D eigenvalue weighted by Crippen LogP contribution is 2.45. The number of carbonyl (C=O) groups is 1. The van der Waals surface area contributed by atoms with E-state index in [9.17, 15) is 21.6 Å². The number of nitrogens with zero attached hydrogens (tertiary/aromatic N) is 3. The van der Waals surface area contributed by atoms with Gasteiger partial charge in [-0.2, -0.15) is 12.7 Å². The quantitative estimate of drug-likeness (QED) is 0.249. The van der Waals surface area contributed by atoms with Crippen molar-refractivity contribution in [1.82, 2.24) is 14.2 Å². The van der Waals surface area contributed by atoms with Crippen molar-refractivity contribution in [2.45, 2.75) is 38.6 Å². The number of amides is 1. The predicted octanol–water partition coefficient (Wildman–Crippen LogP) is 5.19. The van der Waals surface area contributed by atoms with Gasteiger partial charge in [-0.05, 0) is 54.9 Å². The first kappa shape index (κ1) is 32.2. The largest absolute Gasteiger partial charge is 0.313 e. The molecular formula is C28H34N4O6S4. The number of sulfonamides is 1. The van der Waals surface area contributed by atoms with Gasteiger partial charge in [0.2, 0.25) is 10.0 Å². The number of aromatic nitrogens is 1. The molecule has 14 heteroatoms. The van der Waals surface area contributed by atoms with E-state index in [0.717, 1.165) is 51.8 Å². The first-order valence-corrected chi connectivity index (χ1v) is 18.3. The Bertz CT molecular complexity index is 1740. The fraction of sp³-hybridized carbons (Fsp3) is 0.357. The summed E-state index contributed by atoms with van der Waals surface area (Å²) in [6, 6.07) is 14.3. The van der Waals surface area contributed by atoms with Gasteiger partial charge >= 0.3 is 0 Å². The number of carbonyl (C=O) groups excluding carboxylic acids is 1. The van der Waals surface area contributed by atoms with Crippen molar-refractivity contribution < 1.29 is 26.2 Å². The Hall–Kier alpha value is -2.72. The van der Waals surface area contributed by atoms with Crippen LogP contribution in [-0.2, 0) is 33.1 Å². The topological polar surface area (TPSA) is 137 Å². The van der Waals surface area contributed by atoms with Crippen molar-refractivity contribution in [3.63, 3.8) is 0 Å². The molecule has 2 N–H and O–H groups in total. The van der Waals surface area contributed by atoms with Crippen LogP contribution < -0.4 is 5.32 Å². The zero-order chi connectivity index (χ0) is 30.7. The van der Waals surface area contributed by atoms with Crippen LogP contribution in [0.3, 0.4) is 0 Å². The summed E-state index contributed by atoms with van der Waals surface area (Å²) in [5.41, 5.74) is 3.65. The molecule has 1 amide bonds. The van der Waals surface area contributed by atoms with Crippen LogP contribution in [0.5, 0.6) is 0 Å². The number of rotatable bonds is 8. The van der Waals surface area contributed by atoms with Crippen LogP contribution in [0.1, 0.15) is 41.6 Å². The van der Waals surface area contributed by atoms with E-state index >= 15 is 0 Å². The minimum absolute atomic E-state index is 0.189. The van der Waals surface area contributed by atoms with Gasteiger partial charge in [0.25, 0.3) is 16.0 Å². The molecule has 0 aliphatic carbocycles. The first-order chi connectivity index (χ1) is 19.8. The minimum atomic E-state index is -3.67. The molecule has 10 nitrogen and oxygen atoms in total. The molecule has 0 saturated carbocycles. The van der Waals surface area contributed by atoms with Crippen LogP contribution in [0.25, 0.3) is 20.8 Å². The van der Waals surface area contributed by atoms with E-state index < -0.39 is 20.1 Å². The molecule has 1 aliphatic heterocycles. The first-order valence-electron chi connectivity index (χ1n) is 13.4. The molecule has 0 saturated heterocycles. The zero-order valence-electron chi connectivity index (χ0n) is 23.8. The summed E-state index contributed by atoms with van der Waals surface area (Å²) in [6.45, 7) is 9.41. The molecule has 2 aromatic heterocycles. The summed E-state index contributed by atoms with van der Waals surface area (Å²) >= 11 is 3.26. The number of hydrogen-bond acceptors (Lipinski definition) is 9. The van der Waals surface area contributed by atoms with Crippen molar-refractivity contribution in [3.05, 3.63) is 64.5 Å². The van der Waals surface area contributed by atoms with E-state index in [1.165, 1.54) is 26.9 Å². The van der Waals surface area contributed by atoms with Crippen molar-refractivity contribution in [2.24, 2.45) is 0 Å². The number of thiazole rings is 1. The van der Waals surface area contributed by atoms with E-state index in [2.05, 4.69) is 23.2 Å². The normalized spacial score (nSPS) is 14.0. The second kappa shape index (κ2) is 13.3. The van der Waals surface area contributed by atoms with E-state index in [1.807, 2.05) is 32.0 Å². The monoisotopic (exact) mass is 650 g/mol. The van der Waals surface area contributed by atoms with Crippen LogP contribution in [0.2, 0.25) is 0 Å². The molecule has 42 heavy (non-hydrogen) atoms. The minimum Gasteiger partial charge on any atom is -0.313 e. The maximum atomic E-state index is 13.3. The number of hydrogen-bond donors (Lipinski definition) is 2. The molecule has 1 aliphatic rings. The van der Waals surface area contributed by atoms with Gasteiger partial charge in [-0.3, -0.25) is 14.2 Å². The number of thiophene rings is 1. The average molecular weight is 651 g/mol. The predicted molar refractivity (Wildman–Crippen MR) is 170 cm³/mol. The van der Waals surface area contributed by atoms with E-state index in [1.54, 1.807) is 34.8 Å². The summed E-state index contributed by atoms with van der Waals surface area (Å²) in [6.07, 6.45) is 1.63. The van der Waals surface area contributed by atoms with Gasteiger partial charge in [0.05, 0.1) is 21.4 Å². The summed E-state index contributed by atoms with van der Waals surface area (Å²) in [4.78, 5) is 22.1. The lowest BCUT2D eigenvalue weighted by Gasteiger charge is -2.25. The summed E-state index contributed by atoms with van der Waals surface area (Å²) in [5.74, 6) is -0.264. The molecule has 2 aromatic carbocycles. The molecule has 4 aromatic rings. The summed E-state index contributed by atoms with van der Waals surface area (Å²) in [7, 11) is -7.24. The number of para-hydroxylation sites is 1. The van der Waals surface area contributed by atoms with Gasteiger partial charge in [-0.15, -0.1) is 22.7 Å². The lowest BCUT2D eigenvalue weighted by molar-refractivity contribution is 0.102. The van der Waals surface area contributed by atoms with Crippen LogP contribution in [0.15, 0.2) is 53.4 Å². The van der Waals surface area contributed by atoms with E-state index in [0.29, 0.717) is 24.9 Å². The average Bonchev–Trinajstić information content (AvgIpc) is 3.52. The maximum absolute atomic E-state index is 13.3. The van der Waals surface area contributed by atoms with Crippen LogP contribution in [0, 0.1) is 0 Å². The van der Waals surface area contributed by atoms with Crippen molar-refractivity contribution in [2.75, 3.05) is 37.8 Å². The fourth-order valence-corrected chi connectivity index (χ4v) is 8.54. The van der Waals surface area contributed by atoms with Gasteiger partial charge in [-0.1, -0.05) is 32.9 Å². The number of nitrogens with one attached hydrogen (secondary N) is 1. The standard InChI is InChI=1S/C27H30N4O3S3.CH4O3S/c1-4-30-16-15-20-23(17-30)36-27(24(20)26-28-21-9-7-8-10-22(21)35-26)29-25(32)18-11-13-19(14-12-18)37(33,34)31(5-2)6-3;1-5(2,3)4/h7-14H,4-6,15-17H2,1-3H3,(H,29,32);1H3,(H,2,3,4). The molecule has 3 heterocycles. The van der Waals surface area contributed by atoms with Gasteiger partial charge < -0.3 is 5.32 Å². The Morgan fingerprint density at radius 1 is 1.02 bits per heavy atom. The van der Waals surface area contributed by atoms with Crippen LogP contribution >= 0.6 is 22.7 Å². The van der Waals surface area contributed by atoms with Crippen LogP contribution in [0.4, 0.5) is 5.00 Å². The summed E-state index contributed by atoms with van der Waals surface area (Å²) < 4.78 is 54.0. The van der Waals surface area contributed by atoms with E-state index in [-0.39, 0.29) is 10.8 Å². The lowest BCUT2D eigenvalue weighted by atomic mass is 10.0. The highest BCUT2D eigenvalue weighted by atomic mass is 32.2. The Kier molecular flexibility index (Phi) is 10.2. The van der Waals surface area contributed by atoms with Crippen LogP contribution in [-0.4, -0.2) is 73.9 Å². The summed E-state index contributed by atoms with van der Waals surface area (Å²) in [5, 5.41) is 4.85. The molecule has 0 fully saturated rings. The highest BCUT2D eigenvalue weighted by molar-refractivity contribution is 7.89. The number of likely N-dealkylation sites (N-methyl/N-ethyl adjacent to an activating group) is 1. The van der Waals surface area contributed by atoms with Gasteiger partial charge in [0.15, 0.2) is 0 Å². The molecule has 0 spiro atoms. The number of anilines is 1. The number of fused-ring (bicyclic) bond motifs is 2. The van der Waals surface area contributed by atoms with E-state index in [4.69, 9.17) is 9.54 Å². The second-order valence-corrected chi connectivity index (χ2v) is 15.2. The third-order valence-electron chi connectivity index (χ3n) is 6.78. The Morgan fingerprint density at radius 3 is 2.26 bits per heavy atom. The molecule has 0 unspecified atom stereocenters. The molecule has 226 valence electrons. The van der Waals surface area contributed by atoms with Crippen molar-refractivity contribution in [1.29, 1.82) is 0 Å². The third-order valence-corrected chi connectivity index (χ3v) is 11.0. The third kappa shape index (κ3) is 7.43. The molecule has 0 bridgehead atoms. The highest BCUT2D eigenvalue weighted by Gasteiger charge is 2.28. The SMILES string of the molecule is CCN1CCc2c(sc(NC(=O)c3ccc(S(=O)(=O)N(CC)CC)cc3)c2-c2nc3ccccc3s2)C1.CS(=O)(=O)O. The molecular weight excluding hydrogens is 617 g/mol. The van der Waals surface area contributed by atoms with Gasteiger partial charge in [0.1, 0.15) is 10.0 Å². The van der Waals surface area contributed by atoms with Crippen molar-refractivity contribution >= 4 is 63.9 Å². The Labute approximate surface area is 254 Å². The fourth-order valence-electron chi connectivity index (χ4n) is 4.69. The second-order valence-electron chi connectivity index (χ2n) is 9.61. The molecule has 0 radical (unpaired) electrons. The number of benzene rings is 2. The van der Waals surface area contributed by atoms with Gasteiger partial charge in [-0.25, -0.2) is 13.4 Å². The van der Waals surface area contributed by atoms with Gasteiger partial charge in [0, 0.05) is 42.2 Å².